The summed E-state index contributed by atoms with van der Waals surface area (Å²) >= 11 is 0. The number of nitrogens with one attached hydrogen (secondary N) is 1. The van der Waals surface area contributed by atoms with Crippen molar-refractivity contribution in [3.05, 3.63) is 47.8 Å². The molecule has 1 heterocycles. The third-order valence-electron chi connectivity index (χ3n) is 5.53. The second-order valence-electron chi connectivity index (χ2n) is 7.47. The van der Waals surface area contributed by atoms with Gasteiger partial charge < -0.3 is 15.6 Å². The summed E-state index contributed by atoms with van der Waals surface area (Å²) in [6.07, 6.45) is 3.40. The quantitative estimate of drug-likeness (QED) is 0.619. The highest BCUT2D eigenvalue weighted by Gasteiger charge is 2.37. The van der Waals surface area contributed by atoms with E-state index in [9.17, 15) is 9.18 Å². The number of rotatable bonds is 3. The smallest absolute Gasteiger partial charge is 0.244 e. The molecule has 5 nitrogen and oxygen atoms in total. The summed E-state index contributed by atoms with van der Waals surface area (Å²) in [6.45, 7) is 1.95. The molecular weight excluding hydrogens is 414 g/mol. The van der Waals surface area contributed by atoms with Gasteiger partial charge in [0.15, 0.2) is 0 Å². The van der Waals surface area contributed by atoms with Gasteiger partial charge in [0.05, 0.1) is 16.6 Å². The van der Waals surface area contributed by atoms with Gasteiger partial charge in [0.25, 0.3) is 0 Å². The number of nitrogens with zero attached hydrogens (tertiary/aromatic N) is 2. The molecule has 0 bridgehead atoms. The molecule has 3 aromatic rings. The van der Waals surface area contributed by atoms with E-state index in [1.54, 1.807) is 6.07 Å². The molecule has 1 aliphatic rings. The van der Waals surface area contributed by atoms with Crippen molar-refractivity contribution < 1.29 is 9.18 Å². The van der Waals surface area contributed by atoms with E-state index in [-0.39, 0.29) is 36.5 Å². The molecule has 1 amide bonds. The molecule has 0 saturated heterocycles. The number of carbonyl (C=O) groups is 1. The number of imidazole rings is 1. The molecule has 0 aliphatic heterocycles. The van der Waals surface area contributed by atoms with Crippen LogP contribution in [0.4, 0.5) is 10.1 Å². The van der Waals surface area contributed by atoms with Gasteiger partial charge in [0, 0.05) is 24.4 Å². The summed E-state index contributed by atoms with van der Waals surface area (Å²) in [5.74, 6) is 0.274. The number of fused-ring (bicyclic) bond motifs is 1. The Labute approximate surface area is 181 Å². The molecular formula is C21H25Cl2FN4O. The van der Waals surface area contributed by atoms with Gasteiger partial charge in [-0.2, -0.15) is 0 Å². The van der Waals surface area contributed by atoms with Crippen LogP contribution in [-0.2, 0) is 11.8 Å². The first-order valence-corrected chi connectivity index (χ1v) is 9.21. The van der Waals surface area contributed by atoms with Crippen LogP contribution in [-0.4, -0.2) is 21.0 Å². The zero-order valence-electron chi connectivity index (χ0n) is 16.4. The number of amides is 1. The molecule has 2 aromatic carbocycles. The molecule has 0 atom stereocenters. The van der Waals surface area contributed by atoms with Crippen molar-refractivity contribution in [2.45, 2.75) is 38.1 Å². The van der Waals surface area contributed by atoms with Crippen molar-refractivity contribution in [3.63, 3.8) is 0 Å². The van der Waals surface area contributed by atoms with Crippen LogP contribution in [0.2, 0.25) is 0 Å². The van der Waals surface area contributed by atoms with Gasteiger partial charge in [-0.3, -0.25) is 4.79 Å². The van der Waals surface area contributed by atoms with Crippen molar-refractivity contribution >= 4 is 47.4 Å². The normalized spacial score (nSPS) is 14.9. The first-order valence-electron chi connectivity index (χ1n) is 9.21. The summed E-state index contributed by atoms with van der Waals surface area (Å²) < 4.78 is 15.4. The summed E-state index contributed by atoms with van der Waals surface area (Å²) in [5.41, 5.74) is 9.49. The Hall–Kier alpha value is -2.15. The minimum Gasteiger partial charge on any atom is -0.327 e. The Balaban J connectivity index is 0.00000150. The van der Waals surface area contributed by atoms with Crippen LogP contribution in [0.25, 0.3) is 22.4 Å². The van der Waals surface area contributed by atoms with Gasteiger partial charge in [-0.25, -0.2) is 9.37 Å². The van der Waals surface area contributed by atoms with E-state index in [1.807, 2.05) is 36.7 Å². The maximum atomic E-state index is 13.5. The van der Waals surface area contributed by atoms with Crippen LogP contribution < -0.4 is 11.1 Å². The van der Waals surface area contributed by atoms with Crippen LogP contribution in [0.5, 0.6) is 0 Å². The van der Waals surface area contributed by atoms with E-state index < -0.39 is 5.54 Å². The topological polar surface area (TPSA) is 72.9 Å². The highest BCUT2D eigenvalue weighted by Crippen LogP contribution is 2.31. The minimum absolute atomic E-state index is 0. The third kappa shape index (κ3) is 4.25. The number of aromatic nitrogens is 2. The average molecular weight is 439 g/mol. The first kappa shape index (κ1) is 23.1. The molecule has 0 spiro atoms. The fourth-order valence-corrected chi connectivity index (χ4v) is 3.81. The predicted octanol–water partition coefficient (Wildman–Crippen LogP) is 4.74. The second-order valence-corrected chi connectivity index (χ2v) is 7.47. The molecule has 0 unspecified atom stereocenters. The molecule has 8 heteroatoms. The van der Waals surface area contributed by atoms with Gasteiger partial charge in [-0.15, -0.1) is 24.8 Å². The lowest BCUT2D eigenvalue weighted by Crippen LogP contribution is -2.48. The van der Waals surface area contributed by atoms with Gasteiger partial charge in [0.1, 0.15) is 11.6 Å². The van der Waals surface area contributed by atoms with Crippen molar-refractivity contribution in [2.75, 3.05) is 5.32 Å². The lowest BCUT2D eigenvalue weighted by atomic mass is 9.97. The maximum Gasteiger partial charge on any atom is 0.244 e. The van der Waals surface area contributed by atoms with E-state index >= 15 is 0 Å². The zero-order chi connectivity index (χ0) is 19.2. The number of carbonyl (C=O) groups excluding carboxylic acids is 1. The molecule has 1 aromatic heterocycles. The monoisotopic (exact) mass is 438 g/mol. The summed E-state index contributed by atoms with van der Waals surface area (Å²) in [5, 5.41) is 3.00. The minimum atomic E-state index is -0.780. The van der Waals surface area contributed by atoms with Crippen molar-refractivity contribution in [2.24, 2.45) is 12.8 Å². The van der Waals surface area contributed by atoms with E-state index in [2.05, 4.69) is 10.3 Å². The fraction of sp³-hybridized carbons (Fsp3) is 0.333. The number of anilines is 1. The summed E-state index contributed by atoms with van der Waals surface area (Å²) in [6, 6.07) is 10.4. The standard InChI is InChI=1S/C21H23FN4O.2ClH/c1-13-5-6-14(11-16(13)25-20(27)21(23)9-3-4-10-21)19-24-17-12-15(22)7-8-18(17)26(19)2;;/h5-8,11-12H,3-4,9-10,23H2,1-2H3,(H,25,27);2*1H. The number of benzene rings is 2. The summed E-state index contributed by atoms with van der Waals surface area (Å²) in [7, 11) is 1.90. The Morgan fingerprint density at radius 1 is 1.17 bits per heavy atom. The first-order chi connectivity index (χ1) is 12.9. The van der Waals surface area contributed by atoms with Crippen molar-refractivity contribution in [1.82, 2.24) is 9.55 Å². The van der Waals surface area contributed by atoms with Crippen molar-refractivity contribution in [3.8, 4) is 11.4 Å². The third-order valence-corrected chi connectivity index (χ3v) is 5.53. The van der Waals surface area contributed by atoms with E-state index in [0.29, 0.717) is 18.4 Å². The molecule has 29 heavy (non-hydrogen) atoms. The molecule has 1 fully saturated rings. The Bertz CT molecular complexity index is 1040. The van der Waals surface area contributed by atoms with Gasteiger partial charge in [0.2, 0.25) is 5.91 Å². The van der Waals surface area contributed by atoms with Crippen molar-refractivity contribution in [1.29, 1.82) is 0 Å². The van der Waals surface area contributed by atoms with Crippen LogP contribution in [0.3, 0.4) is 0 Å². The number of hydrogen-bond acceptors (Lipinski definition) is 3. The molecule has 3 N–H and O–H groups in total. The molecule has 0 radical (unpaired) electrons. The number of aryl methyl sites for hydroxylation is 2. The highest BCUT2D eigenvalue weighted by molar-refractivity contribution is 5.99. The molecule has 1 saturated carbocycles. The molecule has 156 valence electrons. The van der Waals surface area contributed by atoms with Crippen LogP contribution in [0.1, 0.15) is 31.2 Å². The molecule has 4 rings (SSSR count). The van der Waals surface area contributed by atoms with Crippen LogP contribution in [0, 0.1) is 12.7 Å². The van der Waals surface area contributed by atoms with Gasteiger partial charge in [-0.05, 0) is 43.5 Å². The number of nitrogens with two attached hydrogens (primary N) is 1. The maximum absolute atomic E-state index is 13.5. The Kier molecular flexibility index (Phi) is 6.93. The highest BCUT2D eigenvalue weighted by atomic mass is 35.5. The Morgan fingerprint density at radius 2 is 1.86 bits per heavy atom. The van der Waals surface area contributed by atoms with E-state index in [4.69, 9.17) is 5.73 Å². The fourth-order valence-electron chi connectivity index (χ4n) is 3.81. The SMILES string of the molecule is Cc1ccc(-c2nc3cc(F)ccc3n2C)cc1NC(=O)C1(N)CCCC1.Cl.Cl. The lowest BCUT2D eigenvalue weighted by molar-refractivity contribution is -0.121. The Morgan fingerprint density at radius 3 is 2.55 bits per heavy atom. The lowest BCUT2D eigenvalue weighted by Gasteiger charge is -2.23. The molecule has 1 aliphatic carbocycles. The second kappa shape index (κ2) is 8.69. The number of hydrogen-bond donors (Lipinski definition) is 2. The average Bonchev–Trinajstić information content (AvgIpc) is 3.21. The van der Waals surface area contributed by atoms with Gasteiger partial charge in [-0.1, -0.05) is 25.0 Å². The van der Waals surface area contributed by atoms with Crippen LogP contribution >= 0.6 is 24.8 Å². The van der Waals surface area contributed by atoms with Gasteiger partial charge >= 0.3 is 0 Å². The van der Waals surface area contributed by atoms with E-state index in [1.165, 1.54) is 12.1 Å². The summed E-state index contributed by atoms with van der Waals surface area (Å²) in [4.78, 5) is 17.3. The largest absolute Gasteiger partial charge is 0.327 e. The predicted molar refractivity (Wildman–Crippen MR) is 119 cm³/mol. The van der Waals surface area contributed by atoms with Crippen LogP contribution in [0.15, 0.2) is 36.4 Å². The zero-order valence-corrected chi connectivity index (χ0v) is 18.0. The van der Waals surface area contributed by atoms with E-state index in [0.717, 1.165) is 41.0 Å². The number of halogens is 3.